The van der Waals surface area contributed by atoms with Crippen LogP contribution in [-0.2, 0) is 0 Å². The van der Waals surface area contributed by atoms with Crippen LogP contribution in [0, 0.1) is 0 Å². The number of ether oxygens (including phenoxy) is 2. The van der Waals surface area contributed by atoms with Crippen LogP contribution in [-0.4, -0.2) is 42.1 Å². The lowest BCUT2D eigenvalue weighted by Gasteiger charge is -2.30. The molecule has 4 aromatic rings. The summed E-state index contributed by atoms with van der Waals surface area (Å²) in [6.45, 7) is 2.70. The maximum absolute atomic E-state index is 13.1. The van der Waals surface area contributed by atoms with Crippen LogP contribution >= 0.6 is 22.7 Å². The molecule has 6 rings (SSSR count). The van der Waals surface area contributed by atoms with E-state index in [4.69, 9.17) is 14.5 Å². The van der Waals surface area contributed by atoms with Gasteiger partial charge in [-0.05, 0) is 60.9 Å². The second-order valence-corrected chi connectivity index (χ2v) is 10.3. The van der Waals surface area contributed by atoms with Crippen LogP contribution in [0.4, 0.5) is 0 Å². The maximum Gasteiger partial charge on any atom is 0.263 e. The first kappa shape index (κ1) is 19.8. The summed E-state index contributed by atoms with van der Waals surface area (Å²) in [6.07, 6.45) is 1.93. The maximum atomic E-state index is 13.1. The van der Waals surface area contributed by atoms with Crippen LogP contribution in [0.2, 0.25) is 0 Å². The Labute approximate surface area is 194 Å². The van der Waals surface area contributed by atoms with Crippen LogP contribution in [0.1, 0.15) is 33.4 Å². The molecule has 0 N–H and O–H groups in total. The van der Waals surface area contributed by atoms with Crippen LogP contribution < -0.4 is 9.47 Å². The predicted octanol–water partition coefficient (Wildman–Crippen LogP) is 5.82. The first-order chi connectivity index (χ1) is 15.7. The van der Waals surface area contributed by atoms with E-state index in [9.17, 15) is 4.79 Å². The van der Waals surface area contributed by atoms with Gasteiger partial charge >= 0.3 is 0 Å². The molecule has 32 heavy (non-hydrogen) atoms. The summed E-state index contributed by atoms with van der Waals surface area (Å²) < 4.78 is 12.6. The molecule has 4 heterocycles. The van der Waals surface area contributed by atoms with E-state index in [0.717, 1.165) is 58.3 Å². The standard InChI is InChI=1S/C25H22N2O3S2/c28-25(23-8-7-21(31-23)17-5-6-19-20(15-17)30-14-13-29-19)27-11-9-16(10-12-27)24-26-18-3-1-2-4-22(18)32-24/h1-8,15-16H,9-14H2. The number of nitrogens with zero attached hydrogens (tertiary/aromatic N) is 2. The molecule has 0 bridgehead atoms. The molecule has 7 heteroatoms. The molecule has 0 radical (unpaired) electrons. The van der Waals surface area contributed by atoms with Crippen molar-refractivity contribution in [1.82, 2.24) is 9.88 Å². The quantitative estimate of drug-likeness (QED) is 0.385. The zero-order chi connectivity index (χ0) is 21.5. The number of aromatic nitrogens is 1. The molecule has 2 aliphatic heterocycles. The Hall–Kier alpha value is -2.90. The third-order valence-electron chi connectivity index (χ3n) is 6.09. The molecule has 162 valence electrons. The molecule has 1 saturated heterocycles. The number of amides is 1. The fourth-order valence-corrected chi connectivity index (χ4v) is 6.46. The number of thiophene rings is 1. The highest BCUT2D eigenvalue weighted by Gasteiger charge is 2.27. The van der Waals surface area contributed by atoms with Crippen molar-refractivity contribution < 1.29 is 14.3 Å². The molecular formula is C25H22N2O3S2. The van der Waals surface area contributed by atoms with Gasteiger partial charge in [-0.25, -0.2) is 4.98 Å². The van der Waals surface area contributed by atoms with Crippen molar-refractivity contribution in [2.24, 2.45) is 0 Å². The molecule has 0 unspecified atom stereocenters. The van der Waals surface area contributed by atoms with Gasteiger partial charge in [-0.2, -0.15) is 0 Å². The number of hydrogen-bond donors (Lipinski definition) is 0. The minimum absolute atomic E-state index is 0.126. The Bertz CT molecular complexity index is 1250. The second-order valence-electron chi connectivity index (χ2n) is 8.11. The third-order valence-corrected chi connectivity index (χ3v) is 8.41. The van der Waals surface area contributed by atoms with E-state index < -0.39 is 0 Å². The van der Waals surface area contributed by atoms with Gasteiger partial charge in [0, 0.05) is 23.9 Å². The predicted molar refractivity (Wildman–Crippen MR) is 128 cm³/mol. The summed E-state index contributed by atoms with van der Waals surface area (Å²) in [5, 5.41) is 1.20. The van der Waals surface area contributed by atoms with Gasteiger partial charge in [-0.15, -0.1) is 22.7 Å². The van der Waals surface area contributed by atoms with E-state index >= 15 is 0 Å². The molecule has 0 atom stereocenters. The number of benzene rings is 2. The monoisotopic (exact) mass is 462 g/mol. The zero-order valence-corrected chi connectivity index (χ0v) is 19.1. The van der Waals surface area contributed by atoms with Gasteiger partial charge in [-0.3, -0.25) is 4.79 Å². The highest BCUT2D eigenvalue weighted by Crippen LogP contribution is 2.38. The molecule has 0 saturated carbocycles. The van der Waals surface area contributed by atoms with Crippen molar-refractivity contribution in [1.29, 1.82) is 0 Å². The van der Waals surface area contributed by atoms with E-state index in [1.165, 1.54) is 9.71 Å². The Morgan fingerprint density at radius 3 is 2.59 bits per heavy atom. The lowest BCUT2D eigenvalue weighted by Crippen LogP contribution is -2.37. The van der Waals surface area contributed by atoms with Crippen molar-refractivity contribution in [3.05, 3.63) is 64.5 Å². The van der Waals surface area contributed by atoms with Crippen molar-refractivity contribution >= 4 is 38.8 Å². The SMILES string of the molecule is O=C(c1ccc(-c2ccc3c(c2)OCCO3)s1)N1CCC(c2nc3ccccc3s2)CC1. The lowest BCUT2D eigenvalue weighted by molar-refractivity contribution is 0.0718. The van der Waals surface area contributed by atoms with Gasteiger partial charge < -0.3 is 14.4 Å². The smallest absolute Gasteiger partial charge is 0.263 e. The number of hydrogen-bond acceptors (Lipinski definition) is 6. The van der Waals surface area contributed by atoms with Gasteiger partial charge in [0.15, 0.2) is 11.5 Å². The Kier molecular flexibility index (Phi) is 5.08. The lowest BCUT2D eigenvalue weighted by atomic mass is 9.97. The first-order valence-electron chi connectivity index (χ1n) is 10.9. The summed E-state index contributed by atoms with van der Waals surface area (Å²) in [6, 6.07) is 18.2. The zero-order valence-electron chi connectivity index (χ0n) is 17.5. The molecule has 2 aromatic heterocycles. The van der Waals surface area contributed by atoms with E-state index in [0.29, 0.717) is 19.1 Å². The van der Waals surface area contributed by atoms with Crippen LogP contribution in [0.3, 0.4) is 0 Å². The van der Waals surface area contributed by atoms with Crippen molar-refractivity contribution in [3.8, 4) is 21.9 Å². The highest BCUT2D eigenvalue weighted by molar-refractivity contribution is 7.18. The molecular weight excluding hydrogens is 440 g/mol. The van der Waals surface area contributed by atoms with Gasteiger partial charge in [0.05, 0.1) is 20.1 Å². The van der Waals surface area contributed by atoms with Crippen LogP contribution in [0.25, 0.3) is 20.7 Å². The average molecular weight is 463 g/mol. The number of thiazole rings is 1. The summed E-state index contributed by atoms with van der Waals surface area (Å²) >= 11 is 3.33. The van der Waals surface area contributed by atoms with Gasteiger partial charge in [0.1, 0.15) is 13.2 Å². The number of carbonyl (C=O) groups is 1. The third kappa shape index (κ3) is 3.65. The molecule has 0 aliphatic carbocycles. The van der Waals surface area contributed by atoms with E-state index in [2.05, 4.69) is 18.2 Å². The largest absolute Gasteiger partial charge is 0.486 e. The van der Waals surface area contributed by atoms with Crippen LogP contribution in [0.5, 0.6) is 11.5 Å². The number of para-hydroxylation sites is 1. The normalized spacial score (nSPS) is 16.4. The van der Waals surface area contributed by atoms with Gasteiger partial charge in [0.25, 0.3) is 5.91 Å². The first-order valence-corrected chi connectivity index (χ1v) is 12.5. The average Bonchev–Trinajstić information content (AvgIpc) is 3.51. The molecule has 5 nitrogen and oxygen atoms in total. The number of likely N-dealkylation sites (tertiary alicyclic amines) is 1. The minimum Gasteiger partial charge on any atom is -0.486 e. The number of carbonyl (C=O) groups excluding carboxylic acids is 1. The van der Waals surface area contributed by atoms with Crippen molar-refractivity contribution in [2.45, 2.75) is 18.8 Å². The number of piperidine rings is 1. The fraction of sp³-hybridized carbons (Fsp3) is 0.280. The highest BCUT2D eigenvalue weighted by atomic mass is 32.1. The summed E-state index contributed by atoms with van der Waals surface area (Å²) in [4.78, 5) is 21.8. The molecule has 0 spiro atoms. The molecule has 2 aliphatic rings. The van der Waals surface area contributed by atoms with Gasteiger partial charge in [-0.1, -0.05) is 12.1 Å². The Balaban J connectivity index is 1.13. The number of fused-ring (bicyclic) bond motifs is 2. The Morgan fingerprint density at radius 1 is 0.938 bits per heavy atom. The molecule has 1 fully saturated rings. The Morgan fingerprint density at radius 2 is 1.75 bits per heavy atom. The summed E-state index contributed by atoms with van der Waals surface area (Å²) in [5.74, 6) is 2.12. The second kappa shape index (κ2) is 8.22. The van der Waals surface area contributed by atoms with Crippen molar-refractivity contribution in [2.75, 3.05) is 26.3 Å². The van der Waals surface area contributed by atoms with Crippen LogP contribution in [0.15, 0.2) is 54.6 Å². The fourth-order valence-electron chi connectivity index (χ4n) is 4.35. The summed E-state index contributed by atoms with van der Waals surface area (Å²) in [7, 11) is 0. The van der Waals surface area contributed by atoms with Gasteiger partial charge in [0.2, 0.25) is 0 Å². The molecule has 2 aromatic carbocycles. The minimum atomic E-state index is 0.126. The van der Waals surface area contributed by atoms with E-state index in [1.54, 1.807) is 22.7 Å². The summed E-state index contributed by atoms with van der Waals surface area (Å²) in [5.41, 5.74) is 2.13. The molecule has 1 amide bonds. The van der Waals surface area contributed by atoms with E-state index in [1.807, 2.05) is 41.3 Å². The topological polar surface area (TPSA) is 51.7 Å². The van der Waals surface area contributed by atoms with E-state index in [-0.39, 0.29) is 5.91 Å². The number of rotatable bonds is 3. The van der Waals surface area contributed by atoms with Crippen molar-refractivity contribution in [3.63, 3.8) is 0 Å².